The van der Waals surface area contributed by atoms with Crippen LogP contribution in [0, 0.1) is 5.41 Å². The Morgan fingerprint density at radius 3 is 2.76 bits per heavy atom. The van der Waals surface area contributed by atoms with E-state index >= 15 is 0 Å². The number of carbonyl (C=O) groups is 2. The van der Waals surface area contributed by atoms with E-state index in [1.807, 2.05) is 24.3 Å². The monoisotopic (exact) mass is 348 g/mol. The molecule has 2 amide bonds. The highest BCUT2D eigenvalue weighted by Gasteiger charge is 2.47. The normalized spacial score (nSPS) is 22.2. The van der Waals surface area contributed by atoms with E-state index in [1.54, 1.807) is 19.1 Å². The SMILES string of the molecule is COCC1(C(=O)NC2CCCN(c3ccccc3OC)C2=O)COC1. The topological polar surface area (TPSA) is 77.1 Å². The largest absolute Gasteiger partial charge is 0.495 e. The molecule has 0 spiro atoms. The average molecular weight is 348 g/mol. The lowest BCUT2D eigenvalue weighted by atomic mass is 9.85. The van der Waals surface area contributed by atoms with Gasteiger partial charge in [-0.3, -0.25) is 9.59 Å². The Morgan fingerprint density at radius 1 is 1.36 bits per heavy atom. The Balaban J connectivity index is 1.73. The zero-order chi connectivity index (χ0) is 17.9. The van der Waals surface area contributed by atoms with Gasteiger partial charge in [0.2, 0.25) is 11.8 Å². The number of benzene rings is 1. The second-order valence-corrected chi connectivity index (χ2v) is 6.54. The van der Waals surface area contributed by atoms with Crippen LogP contribution in [0.25, 0.3) is 0 Å². The predicted molar refractivity (Wildman–Crippen MR) is 91.6 cm³/mol. The number of anilines is 1. The smallest absolute Gasteiger partial charge is 0.249 e. The summed E-state index contributed by atoms with van der Waals surface area (Å²) in [6.07, 6.45) is 1.43. The van der Waals surface area contributed by atoms with Crippen molar-refractivity contribution >= 4 is 17.5 Å². The zero-order valence-corrected chi connectivity index (χ0v) is 14.6. The molecule has 2 aliphatic rings. The van der Waals surface area contributed by atoms with E-state index in [1.165, 1.54) is 0 Å². The first-order chi connectivity index (χ1) is 12.1. The number of rotatable bonds is 6. The molecule has 2 saturated heterocycles. The molecule has 0 saturated carbocycles. The molecule has 0 aliphatic carbocycles. The van der Waals surface area contributed by atoms with Gasteiger partial charge in [0.05, 0.1) is 32.6 Å². The second-order valence-electron chi connectivity index (χ2n) is 6.54. The molecule has 3 rings (SSSR count). The van der Waals surface area contributed by atoms with Crippen molar-refractivity contribution in [3.8, 4) is 5.75 Å². The Kier molecular flexibility index (Phi) is 5.24. The van der Waals surface area contributed by atoms with E-state index in [0.29, 0.717) is 31.9 Å². The molecule has 1 aromatic rings. The fraction of sp³-hybridized carbons (Fsp3) is 0.556. The highest BCUT2D eigenvalue weighted by atomic mass is 16.5. The van der Waals surface area contributed by atoms with Crippen LogP contribution in [0.2, 0.25) is 0 Å². The van der Waals surface area contributed by atoms with Gasteiger partial charge in [0.15, 0.2) is 0 Å². The van der Waals surface area contributed by atoms with E-state index in [4.69, 9.17) is 14.2 Å². The van der Waals surface area contributed by atoms with Crippen molar-refractivity contribution in [2.45, 2.75) is 18.9 Å². The lowest BCUT2D eigenvalue weighted by Crippen LogP contribution is -2.61. The molecule has 0 bridgehead atoms. The summed E-state index contributed by atoms with van der Waals surface area (Å²) in [6.45, 7) is 1.54. The van der Waals surface area contributed by atoms with Gasteiger partial charge in [-0.1, -0.05) is 12.1 Å². The molecule has 136 valence electrons. The van der Waals surface area contributed by atoms with Crippen LogP contribution >= 0.6 is 0 Å². The second kappa shape index (κ2) is 7.41. The van der Waals surface area contributed by atoms with E-state index in [-0.39, 0.29) is 18.4 Å². The van der Waals surface area contributed by atoms with Crippen LogP contribution in [0.4, 0.5) is 5.69 Å². The Bertz CT molecular complexity index is 644. The quantitative estimate of drug-likeness (QED) is 0.829. The van der Waals surface area contributed by atoms with Crippen LogP contribution in [0.3, 0.4) is 0 Å². The van der Waals surface area contributed by atoms with Gasteiger partial charge in [-0.25, -0.2) is 0 Å². The molecule has 25 heavy (non-hydrogen) atoms. The number of amides is 2. The molecule has 7 heteroatoms. The van der Waals surface area contributed by atoms with Crippen molar-refractivity contribution < 1.29 is 23.8 Å². The number of methoxy groups -OCH3 is 2. The lowest BCUT2D eigenvalue weighted by Gasteiger charge is -2.41. The van der Waals surface area contributed by atoms with Crippen LogP contribution in [0.1, 0.15) is 12.8 Å². The van der Waals surface area contributed by atoms with Gasteiger partial charge in [0.1, 0.15) is 17.2 Å². The highest BCUT2D eigenvalue weighted by Crippen LogP contribution is 2.32. The molecule has 1 N–H and O–H groups in total. The van der Waals surface area contributed by atoms with E-state index in [9.17, 15) is 9.59 Å². The minimum atomic E-state index is -0.679. The molecule has 1 aromatic carbocycles. The van der Waals surface area contributed by atoms with Crippen molar-refractivity contribution in [3.05, 3.63) is 24.3 Å². The molecule has 2 heterocycles. The minimum Gasteiger partial charge on any atom is -0.495 e. The van der Waals surface area contributed by atoms with E-state index in [0.717, 1.165) is 12.1 Å². The number of para-hydroxylation sites is 2. The van der Waals surface area contributed by atoms with Crippen LogP contribution < -0.4 is 15.0 Å². The third kappa shape index (κ3) is 3.34. The van der Waals surface area contributed by atoms with E-state index < -0.39 is 11.5 Å². The molecule has 7 nitrogen and oxygen atoms in total. The molecule has 2 fully saturated rings. The Labute approximate surface area is 147 Å². The number of hydrogen-bond acceptors (Lipinski definition) is 5. The van der Waals surface area contributed by atoms with Gasteiger partial charge in [0, 0.05) is 13.7 Å². The molecular formula is C18H24N2O5. The van der Waals surface area contributed by atoms with Crippen molar-refractivity contribution in [3.63, 3.8) is 0 Å². The van der Waals surface area contributed by atoms with Crippen molar-refractivity contribution in [1.82, 2.24) is 5.32 Å². The third-order valence-corrected chi connectivity index (χ3v) is 4.78. The van der Waals surface area contributed by atoms with Crippen molar-refractivity contribution in [1.29, 1.82) is 0 Å². The molecule has 0 radical (unpaired) electrons. The van der Waals surface area contributed by atoms with Crippen molar-refractivity contribution in [2.24, 2.45) is 5.41 Å². The fourth-order valence-electron chi connectivity index (χ4n) is 3.32. The first-order valence-electron chi connectivity index (χ1n) is 8.43. The summed E-state index contributed by atoms with van der Waals surface area (Å²) < 4.78 is 15.7. The summed E-state index contributed by atoms with van der Waals surface area (Å²) >= 11 is 0. The number of ether oxygens (including phenoxy) is 3. The van der Waals surface area contributed by atoms with Gasteiger partial charge in [0.25, 0.3) is 0 Å². The van der Waals surface area contributed by atoms with Gasteiger partial charge >= 0.3 is 0 Å². The van der Waals surface area contributed by atoms with E-state index in [2.05, 4.69) is 5.32 Å². The number of hydrogen-bond donors (Lipinski definition) is 1. The van der Waals surface area contributed by atoms with Crippen LogP contribution in [0.15, 0.2) is 24.3 Å². The maximum Gasteiger partial charge on any atom is 0.249 e. The summed E-state index contributed by atoms with van der Waals surface area (Å²) in [5.41, 5.74) is 0.0504. The molecule has 2 aliphatic heterocycles. The summed E-state index contributed by atoms with van der Waals surface area (Å²) in [5.74, 6) is 0.351. The molecular weight excluding hydrogens is 324 g/mol. The maximum absolute atomic E-state index is 12.9. The molecule has 0 aromatic heterocycles. The van der Waals surface area contributed by atoms with Gasteiger partial charge in [-0.2, -0.15) is 0 Å². The molecule has 1 atom stereocenters. The number of piperidine rings is 1. The first kappa shape index (κ1) is 17.7. The Hall–Kier alpha value is -2.12. The van der Waals surface area contributed by atoms with Crippen LogP contribution in [-0.2, 0) is 19.1 Å². The Morgan fingerprint density at radius 2 is 2.12 bits per heavy atom. The average Bonchev–Trinajstić information content (AvgIpc) is 2.59. The van der Waals surface area contributed by atoms with Gasteiger partial charge < -0.3 is 24.4 Å². The number of nitrogens with one attached hydrogen (secondary N) is 1. The standard InChI is InChI=1S/C18H24N2O5/c1-23-10-18(11-25-12-18)17(22)19-13-6-5-9-20(16(13)21)14-7-3-4-8-15(14)24-2/h3-4,7-8,13H,5-6,9-12H2,1-2H3,(H,19,22). The van der Waals surface area contributed by atoms with Gasteiger partial charge in [-0.05, 0) is 25.0 Å². The lowest BCUT2D eigenvalue weighted by molar-refractivity contribution is -0.173. The fourth-order valence-corrected chi connectivity index (χ4v) is 3.32. The van der Waals surface area contributed by atoms with Gasteiger partial charge in [-0.15, -0.1) is 0 Å². The highest BCUT2D eigenvalue weighted by molar-refractivity contribution is 6.01. The summed E-state index contributed by atoms with van der Waals surface area (Å²) in [5, 5.41) is 2.90. The zero-order valence-electron chi connectivity index (χ0n) is 14.6. The number of nitrogens with zero attached hydrogens (tertiary/aromatic N) is 1. The molecule has 1 unspecified atom stereocenters. The summed E-state index contributed by atoms with van der Waals surface area (Å²) in [7, 11) is 3.14. The minimum absolute atomic E-state index is 0.114. The van der Waals surface area contributed by atoms with Crippen molar-refractivity contribution in [2.75, 3.05) is 45.5 Å². The predicted octanol–water partition coefficient (Wildman–Crippen LogP) is 0.970. The summed E-state index contributed by atoms with van der Waals surface area (Å²) in [6, 6.07) is 6.87. The third-order valence-electron chi connectivity index (χ3n) is 4.78. The van der Waals surface area contributed by atoms with Crippen LogP contribution in [0.5, 0.6) is 5.75 Å². The maximum atomic E-state index is 12.9. The first-order valence-corrected chi connectivity index (χ1v) is 8.43. The number of carbonyl (C=O) groups excluding carboxylic acids is 2. The summed E-state index contributed by atoms with van der Waals surface area (Å²) in [4.78, 5) is 27.3. The van der Waals surface area contributed by atoms with Crippen LogP contribution in [-0.4, -0.2) is 58.4 Å².